The molecule has 0 unspecified atom stereocenters. The number of hydrogen-bond donors (Lipinski definition) is 1. The van der Waals surface area contributed by atoms with Crippen molar-refractivity contribution < 1.29 is 0 Å². The lowest BCUT2D eigenvalue weighted by molar-refractivity contribution is 0.274. The number of rotatable bonds is 8. The predicted octanol–water partition coefficient (Wildman–Crippen LogP) is 1.39. The summed E-state index contributed by atoms with van der Waals surface area (Å²) in [6.45, 7) is 4.07. The van der Waals surface area contributed by atoms with Crippen molar-refractivity contribution in [1.29, 1.82) is 0 Å². The Bertz CT molecular complexity index is 360. The highest BCUT2D eigenvalue weighted by Gasteiger charge is 2.20. The second-order valence-corrected chi connectivity index (χ2v) is 6.37. The van der Waals surface area contributed by atoms with Gasteiger partial charge in [0.1, 0.15) is 5.01 Å². The summed E-state index contributed by atoms with van der Waals surface area (Å²) in [5.74, 6) is 0. The lowest BCUT2D eigenvalue weighted by Gasteiger charge is -2.18. The van der Waals surface area contributed by atoms with Gasteiger partial charge in [-0.15, -0.1) is 11.3 Å². The standard InChI is InChI=1S/C13H24N4S/c1-16(2)6-7-17(3)9-12-10-18-13(15-12)8-14-11-4-5-11/h10-11,14H,4-9H2,1-3H3. The molecule has 1 fully saturated rings. The number of hydrogen-bond acceptors (Lipinski definition) is 5. The third-order valence-corrected chi connectivity index (χ3v) is 3.98. The molecule has 0 amide bonds. The normalized spacial score (nSPS) is 15.8. The van der Waals surface area contributed by atoms with E-state index in [0.29, 0.717) is 0 Å². The van der Waals surface area contributed by atoms with E-state index in [-0.39, 0.29) is 0 Å². The molecule has 2 rings (SSSR count). The van der Waals surface area contributed by atoms with E-state index in [4.69, 9.17) is 0 Å². The van der Waals surface area contributed by atoms with E-state index in [1.165, 1.54) is 23.5 Å². The smallest absolute Gasteiger partial charge is 0.107 e. The zero-order valence-electron chi connectivity index (χ0n) is 11.6. The first-order valence-corrected chi connectivity index (χ1v) is 7.51. The molecule has 1 saturated carbocycles. The quantitative estimate of drug-likeness (QED) is 0.772. The van der Waals surface area contributed by atoms with Gasteiger partial charge >= 0.3 is 0 Å². The van der Waals surface area contributed by atoms with Gasteiger partial charge in [0.2, 0.25) is 0 Å². The number of nitrogens with zero attached hydrogens (tertiary/aromatic N) is 3. The van der Waals surface area contributed by atoms with Gasteiger partial charge in [-0.25, -0.2) is 4.98 Å². The Morgan fingerprint density at radius 1 is 1.33 bits per heavy atom. The van der Waals surface area contributed by atoms with Gasteiger partial charge in [0.05, 0.1) is 5.69 Å². The van der Waals surface area contributed by atoms with Crippen molar-refractivity contribution in [1.82, 2.24) is 20.1 Å². The van der Waals surface area contributed by atoms with Crippen LogP contribution in [0.25, 0.3) is 0 Å². The number of aromatic nitrogens is 1. The number of thiazole rings is 1. The minimum absolute atomic E-state index is 0.764. The maximum atomic E-state index is 4.68. The summed E-state index contributed by atoms with van der Waals surface area (Å²) >= 11 is 1.77. The fraction of sp³-hybridized carbons (Fsp3) is 0.769. The topological polar surface area (TPSA) is 31.4 Å². The van der Waals surface area contributed by atoms with Crippen molar-refractivity contribution in [3.63, 3.8) is 0 Å². The van der Waals surface area contributed by atoms with Crippen molar-refractivity contribution in [2.24, 2.45) is 0 Å². The van der Waals surface area contributed by atoms with Gasteiger partial charge in [0.15, 0.2) is 0 Å². The van der Waals surface area contributed by atoms with Crippen LogP contribution in [-0.4, -0.2) is 55.1 Å². The van der Waals surface area contributed by atoms with Crippen LogP contribution in [-0.2, 0) is 13.1 Å². The van der Waals surface area contributed by atoms with Crippen LogP contribution < -0.4 is 5.32 Å². The van der Waals surface area contributed by atoms with Gasteiger partial charge in [-0.05, 0) is 34.0 Å². The van der Waals surface area contributed by atoms with E-state index in [1.807, 2.05) is 0 Å². The SMILES string of the molecule is CN(C)CCN(C)Cc1csc(CNC2CC2)n1. The van der Waals surface area contributed by atoms with Crippen LogP contribution in [0, 0.1) is 0 Å². The van der Waals surface area contributed by atoms with Crippen LogP contribution in [0.1, 0.15) is 23.5 Å². The summed E-state index contributed by atoms with van der Waals surface area (Å²) in [5, 5.41) is 6.92. The van der Waals surface area contributed by atoms with E-state index in [9.17, 15) is 0 Å². The molecule has 5 heteroatoms. The first kappa shape index (κ1) is 13.9. The fourth-order valence-corrected chi connectivity index (χ4v) is 2.48. The molecular weight excluding hydrogens is 244 g/mol. The van der Waals surface area contributed by atoms with Gasteiger partial charge < -0.3 is 10.2 Å². The lowest BCUT2D eigenvalue weighted by Crippen LogP contribution is -2.28. The summed E-state index contributed by atoms with van der Waals surface area (Å²) < 4.78 is 0. The van der Waals surface area contributed by atoms with E-state index in [1.54, 1.807) is 11.3 Å². The molecule has 0 aromatic carbocycles. The van der Waals surface area contributed by atoms with E-state index >= 15 is 0 Å². The third kappa shape index (κ3) is 5.02. The average molecular weight is 268 g/mol. The second-order valence-electron chi connectivity index (χ2n) is 5.43. The molecule has 0 saturated heterocycles. The highest BCUT2D eigenvalue weighted by atomic mass is 32.1. The average Bonchev–Trinajstić information content (AvgIpc) is 3.05. The van der Waals surface area contributed by atoms with Gasteiger partial charge in [0.25, 0.3) is 0 Å². The molecule has 4 nitrogen and oxygen atoms in total. The predicted molar refractivity (Wildman–Crippen MR) is 76.9 cm³/mol. The van der Waals surface area contributed by atoms with Gasteiger partial charge in [-0.3, -0.25) is 4.90 Å². The molecule has 1 N–H and O–H groups in total. The first-order valence-electron chi connectivity index (χ1n) is 6.63. The molecule has 0 spiro atoms. The zero-order chi connectivity index (χ0) is 13.0. The van der Waals surface area contributed by atoms with E-state index < -0.39 is 0 Å². The van der Waals surface area contributed by atoms with Crippen molar-refractivity contribution in [2.45, 2.75) is 32.0 Å². The molecule has 0 aliphatic heterocycles. The summed E-state index contributed by atoms with van der Waals surface area (Å²) in [6.07, 6.45) is 2.68. The largest absolute Gasteiger partial charge is 0.308 e. The molecule has 1 aliphatic rings. The number of nitrogens with one attached hydrogen (secondary N) is 1. The van der Waals surface area contributed by atoms with Gasteiger partial charge in [-0.1, -0.05) is 0 Å². The monoisotopic (exact) mass is 268 g/mol. The minimum atomic E-state index is 0.764. The summed E-state index contributed by atoms with van der Waals surface area (Å²) in [5.41, 5.74) is 1.20. The Hall–Kier alpha value is -0.490. The molecular formula is C13H24N4S. The van der Waals surface area contributed by atoms with E-state index in [2.05, 4.69) is 46.6 Å². The minimum Gasteiger partial charge on any atom is -0.308 e. The van der Waals surface area contributed by atoms with Crippen LogP contribution in [0.15, 0.2) is 5.38 Å². The molecule has 1 aliphatic carbocycles. The van der Waals surface area contributed by atoms with Crippen LogP contribution in [0.3, 0.4) is 0 Å². The molecule has 1 heterocycles. The van der Waals surface area contributed by atoms with E-state index in [0.717, 1.165) is 32.2 Å². The van der Waals surface area contributed by atoms with Crippen LogP contribution in [0.5, 0.6) is 0 Å². The molecule has 0 radical (unpaired) electrons. The van der Waals surface area contributed by atoms with Gasteiger partial charge in [-0.2, -0.15) is 0 Å². The lowest BCUT2D eigenvalue weighted by atomic mass is 10.4. The maximum Gasteiger partial charge on any atom is 0.107 e. The van der Waals surface area contributed by atoms with Crippen LogP contribution >= 0.6 is 11.3 Å². The Balaban J connectivity index is 1.71. The third-order valence-electron chi connectivity index (χ3n) is 3.08. The Labute approximate surface area is 114 Å². The van der Waals surface area contributed by atoms with Crippen molar-refractivity contribution in [3.8, 4) is 0 Å². The van der Waals surface area contributed by atoms with Crippen molar-refractivity contribution >= 4 is 11.3 Å². The fourth-order valence-electron chi connectivity index (χ4n) is 1.75. The zero-order valence-corrected chi connectivity index (χ0v) is 12.5. The molecule has 0 atom stereocenters. The summed E-state index contributed by atoms with van der Waals surface area (Å²) in [6, 6.07) is 0.764. The van der Waals surface area contributed by atoms with Crippen LogP contribution in [0.2, 0.25) is 0 Å². The number of likely N-dealkylation sites (N-methyl/N-ethyl adjacent to an activating group) is 2. The Morgan fingerprint density at radius 3 is 2.78 bits per heavy atom. The van der Waals surface area contributed by atoms with Crippen molar-refractivity contribution in [2.75, 3.05) is 34.2 Å². The van der Waals surface area contributed by atoms with Crippen molar-refractivity contribution in [3.05, 3.63) is 16.1 Å². The molecule has 18 heavy (non-hydrogen) atoms. The molecule has 0 bridgehead atoms. The molecule has 102 valence electrons. The second kappa shape index (κ2) is 6.61. The summed E-state index contributed by atoms with van der Waals surface area (Å²) in [7, 11) is 6.38. The Kier molecular flexibility index (Phi) is 5.12. The Morgan fingerprint density at radius 2 is 2.11 bits per heavy atom. The first-order chi connectivity index (χ1) is 8.63. The highest BCUT2D eigenvalue weighted by Crippen LogP contribution is 2.20. The van der Waals surface area contributed by atoms with Gasteiger partial charge in [0, 0.05) is 37.6 Å². The molecule has 1 aromatic heterocycles. The molecule has 1 aromatic rings. The maximum absolute atomic E-state index is 4.68. The summed E-state index contributed by atoms with van der Waals surface area (Å²) in [4.78, 5) is 9.22. The highest BCUT2D eigenvalue weighted by molar-refractivity contribution is 7.09. The van der Waals surface area contributed by atoms with Crippen LogP contribution in [0.4, 0.5) is 0 Å².